The van der Waals surface area contributed by atoms with E-state index in [1.807, 2.05) is 6.07 Å². The molecule has 0 aliphatic carbocycles. The van der Waals surface area contributed by atoms with Crippen molar-refractivity contribution in [3.8, 4) is 0 Å². The standard InChI is InChI=1S/C15H23FN2/c1-18-9-6-13(7-10-18)5-8-17-12-14-3-2-4-15(16)11-14/h2-4,11,13,17H,5-10,12H2,1H3. The predicted octanol–water partition coefficient (Wildman–Crippen LogP) is 2.65. The van der Waals surface area contributed by atoms with Gasteiger partial charge in [0.2, 0.25) is 0 Å². The molecule has 0 radical (unpaired) electrons. The number of likely N-dealkylation sites (tertiary alicyclic amines) is 1. The molecule has 1 aliphatic rings. The number of hydrogen-bond acceptors (Lipinski definition) is 2. The van der Waals surface area contributed by atoms with Crippen LogP contribution in [-0.2, 0) is 6.54 Å². The van der Waals surface area contributed by atoms with Crippen LogP contribution < -0.4 is 5.32 Å². The van der Waals surface area contributed by atoms with E-state index in [1.54, 1.807) is 12.1 Å². The summed E-state index contributed by atoms with van der Waals surface area (Å²) in [5, 5.41) is 3.41. The zero-order valence-electron chi connectivity index (χ0n) is 11.2. The summed E-state index contributed by atoms with van der Waals surface area (Å²) in [6.07, 6.45) is 3.87. The smallest absolute Gasteiger partial charge is 0.123 e. The minimum atomic E-state index is -0.149. The molecule has 100 valence electrons. The normalized spacial score (nSPS) is 18.1. The van der Waals surface area contributed by atoms with Crippen LogP contribution in [0.4, 0.5) is 4.39 Å². The molecule has 0 saturated carbocycles. The quantitative estimate of drug-likeness (QED) is 0.808. The van der Waals surface area contributed by atoms with Crippen molar-refractivity contribution < 1.29 is 4.39 Å². The maximum absolute atomic E-state index is 13.0. The highest BCUT2D eigenvalue weighted by Gasteiger charge is 2.15. The molecule has 1 aromatic carbocycles. The Hall–Kier alpha value is -0.930. The van der Waals surface area contributed by atoms with Gasteiger partial charge in [0.1, 0.15) is 5.82 Å². The van der Waals surface area contributed by atoms with E-state index in [4.69, 9.17) is 0 Å². The molecule has 0 spiro atoms. The topological polar surface area (TPSA) is 15.3 Å². The first-order valence-electron chi connectivity index (χ1n) is 6.88. The van der Waals surface area contributed by atoms with Gasteiger partial charge in [-0.2, -0.15) is 0 Å². The van der Waals surface area contributed by atoms with Crippen molar-refractivity contribution in [2.24, 2.45) is 5.92 Å². The zero-order chi connectivity index (χ0) is 12.8. The number of nitrogens with one attached hydrogen (secondary N) is 1. The van der Waals surface area contributed by atoms with Crippen LogP contribution in [0.1, 0.15) is 24.8 Å². The highest BCUT2D eigenvalue weighted by Crippen LogP contribution is 2.18. The van der Waals surface area contributed by atoms with E-state index >= 15 is 0 Å². The molecule has 1 fully saturated rings. The lowest BCUT2D eigenvalue weighted by Crippen LogP contribution is -2.31. The van der Waals surface area contributed by atoms with Crippen molar-refractivity contribution in [2.45, 2.75) is 25.8 Å². The Kier molecular flexibility index (Phi) is 5.14. The molecule has 0 aromatic heterocycles. The van der Waals surface area contributed by atoms with Crippen molar-refractivity contribution >= 4 is 0 Å². The van der Waals surface area contributed by atoms with Gasteiger partial charge in [0.25, 0.3) is 0 Å². The first-order valence-corrected chi connectivity index (χ1v) is 6.88. The van der Waals surface area contributed by atoms with Crippen LogP contribution in [0.2, 0.25) is 0 Å². The lowest BCUT2D eigenvalue weighted by Gasteiger charge is -2.28. The first-order chi connectivity index (χ1) is 8.74. The van der Waals surface area contributed by atoms with Crippen molar-refractivity contribution in [1.82, 2.24) is 10.2 Å². The Bertz CT molecular complexity index is 359. The second-order valence-corrected chi connectivity index (χ2v) is 5.34. The molecule has 0 unspecified atom stereocenters. The highest BCUT2D eigenvalue weighted by molar-refractivity contribution is 5.15. The van der Waals surface area contributed by atoms with Crippen LogP contribution in [0.25, 0.3) is 0 Å². The summed E-state index contributed by atoms with van der Waals surface area (Å²) in [6, 6.07) is 6.82. The van der Waals surface area contributed by atoms with Crippen LogP contribution in [0, 0.1) is 11.7 Å². The van der Waals surface area contributed by atoms with Crippen LogP contribution >= 0.6 is 0 Å². The van der Waals surface area contributed by atoms with E-state index in [-0.39, 0.29) is 5.82 Å². The molecule has 1 aromatic rings. The zero-order valence-corrected chi connectivity index (χ0v) is 11.2. The Morgan fingerprint density at radius 3 is 2.83 bits per heavy atom. The first kappa shape index (κ1) is 13.5. The summed E-state index contributed by atoms with van der Waals surface area (Å²) in [5.74, 6) is 0.714. The van der Waals surface area contributed by atoms with Gasteiger partial charge in [-0.15, -0.1) is 0 Å². The van der Waals surface area contributed by atoms with Crippen LogP contribution in [0.3, 0.4) is 0 Å². The van der Waals surface area contributed by atoms with Gasteiger partial charge < -0.3 is 10.2 Å². The van der Waals surface area contributed by atoms with Gasteiger partial charge in [0.05, 0.1) is 0 Å². The molecule has 0 atom stereocenters. The Balaban J connectivity index is 1.61. The molecule has 1 saturated heterocycles. The molecule has 2 nitrogen and oxygen atoms in total. The molecule has 3 heteroatoms. The predicted molar refractivity (Wildman–Crippen MR) is 72.9 cm³/mol. The van der Waals surface area contributed by atoms with Crippen molar-refractivity contribution in [3.63, 3.8) is 0 Å². The molecule has 18 heavy (non-hydrogen) atoms. The fraction of sp³-hybridized carbons (Fsp3) is 0.600. The molecule has 1 N–H and O–H groups in total. The van der Waals surface area contributed by atoms with Gasteiger partial charge in [-0.05, 0) is 69.6 Å². The van der Waals surface area contributed by atoms with Gasteiger partial charge >= 0.3 is 0 Å². The van der Waals surface area contributed by atoms with E-state index < -0.39 is 0 Å². The summed E-state index contributed by atoms with van der Waals surface area (Å²) < 4.78 is 13.0. The van der Waals surface area contributed by atoms with Crippen LogP contribution in [-0.4, -0.2) is 31.6 Å². The summed E-state index contributed by atoms with van der Waals surface area (Å²) in [7, 11) is 2.19. The van der Waals surface area contributed by atoms with Gasteiger partial charge in [-0.3, -0.25) is 0 Å². The largest absolute Gasteiger partial charge is 0.313 e. The fourth-order valence-corrected chi connectivity index (χ4v) is 2.54. The van der Waals surface area contributed by atoms with Crippen molar-refractivity contribution in [2.75, 3.05) is 26.7 Å². The van der Waals surface area contributed by atoms with Gasteiger partial charge in [-0.25, -0.2) is 4.39 Å². The Labute approximate surface area is 109 Å². The minimum Gasteiger partial charge on any atom is -0.313 e. The third kappa shape index (κ3) is 4.39. The number of benzene rings is 1. The Morgan fingerprint density at radius 1 is 1.33 bits per heavy atom. The molecule has 0 bridgehead atoms. The highest BCUT2D eigenvalue weighted by atomic mass is 19.1. The third-order valence-corrected chi connectivity index (χ3v) is 3.79. The van der Waals surface area contributed by atoms with E-state index in [2.05, 4.69) is 17.3 Å². The summed E-state index contributed by atoms with van der Waals surface area (Å²) >= 11 is 0. The average Bonchev–Trinajstić information content (AvgIpc) is 2.37. The molecular weight excluding hydrogens is 227 g/mol. The second-order valence-electron chi connectivity index (χ2n) is 5.34. The monoisotopic (exact) mass is 250 g/mol. The van der Waals surface area contributed by atoms with E-state index in [0.29, 0.717) is 0 Å². The van der Waals surface area contributed by atoms with Crippen molar-refractivity contribution in [3.05, 3.63) is 35.6 Å². The minimum absolute atomic E-state index is 0.149. The number of halogens is 1. The fourth-order valence-electron chi connectivity index (χ4n) is 2.54. The van der Waals surface area contributed by atoms with Crippen molar-refractivity contribution in [1.29, 1.82) is 0 Å². The van der Waals surface area contributed by atoms with Crippen LogP contribution in [0.15, 0.2) is 24.3 Å². The molecule has 1 heterocycles. The third-order valence-electron chi connectivity index (χ3n) is 3.79. The summed E-state index contributed by atoms with van der Waals surface area (Å²) in [6.45, 7) is 4.26. The van der Waals surface area contributed by atoms with E-state index in [9.17, 15) is 4.39 Å². The summed E-state index contributed by atoms with van der Waals surface area (Å²) in [5.41, 5.74) is 1.03. The average molecular weight is 250 g/mol. The Morgan fingerprint density at radius 2 is 2.11 bits per heavy atom. The lowest BCUT2D eigenvalue weighted by molar-refractivity contribution is 0.211. The lowest BCUT2D eigenvalue weighted by atomic mass is 9.94. The SMILES string of the molecule is CN1CCC(CCNCc2cccc(F)c2)CC1. The molecule has 2 rings (SSSR count). The molecule has 1 aliphatic heterocycles. The van der Waals surface area contributed by atoms with E-state index in [1.165, 1.54) is 38.4 Å². The molecular formula is C15H23FN2. The number of rotatable bonds is 5. The second kappa shape index (κ2) is 6.86. The van der Waals surface area contributed by atoms with Gasteiger partial charge in [0, 0.05) is 6.54 Å². The van der Waals surface area contributed by atoms with Crippen LogP contribution in [0.5, 0.6) is 0 Å². The summed E-state index contributed by atoms with van der Waals surface area (Å²) in [4.78, 5) is 2.40. The number of piperidine rings is 1. The van der Waals surface area contributed by atoms with E-state index in [0.717, 1.165) is 24.6 Å². The maximum atomic E-state index is 13.0. The molecule has 0 amide bonds. The van der Waals surface area contributed by atoms with Gasteiger partial charge in [-0.1, -0.05) is 12.1 Å². The van der Waals surface area contributed by atoms with Gasteiger partial charge in [0.15, 0.2) is 0 Å². The number of nitrogens with zero attached hydrogens (tertiary/aromatic N) is 1. The number of hydrogen-bond donors (Lipinski definition) is 1. The maximum Gasteiger partial charge on any atom is 0.123 e.